The summed E-state index contributed by atoms with van der Waals surface area (Å²) in [5.74, 6) is 1.55. The Morgan fingerprint density at radius 2 is 1.75 bits per heavy atom. The van der Waals surface area contributed by atoms with E-state index in [9.17, 15) is 0 Å². The van der Waals surface area contributed by atoms with Gasteiger partial charge in [0.15, 0.2) is 0 Å². The van der Waals surface area contributed by atoms with Crippen molar-refractivity contribution in [1.82, 2.24) is 0 Å². The molecule has 2 rings (SSSR count). The monoisotopic (exact) mass is 160 g/mol. The van der Waals surface area contributed by atoms with Gasteiger partial charge in [-0.05, 0) is 37.5 Å². The predicted octanol–water partition coefficient (Wildman–Crippen LogP) is 2.23. The van der Waals surface area contributed by atoms with Gasteiger partial charge in [0.2, 0.25) is 0 Å². The van der Waals surface area contributed by atoms with Crippen LogP contribution in [0.1, 0.15) is 32.1 Å². The van der Waals surface area contributed by atoms with Crippen LogP contribution in [0.4, 0.5) is 0 Å². The summed E-state index contributed by atoms with van der Waals surface area (Å²) in [5.41, 5.74) is -0.263. The molecule has 2 saturated carbocycles. The maximum atomic E-state index is 9.01. The fourth-order valence-corrected chi connectivity index (χ4v) is 2.69. The van der Waals surface area contributed by atoms with Crippen LogP contribution in [0.25, 0.3) is 0 Å². The van der Waals surface area contributed by atoms with E-state index in [0.29, 0.717) is 6.42 Å². The van der Waals surface area contributed by atoms with E-state index < -0.39 is 0 Å². The third-order valence-electron chi connectivity index (χ3n) is 3.54. The van der Waals surface area contributed by atoms with E-state index >= 15 is 0 Å². The Morgan fingerprint density at radius 3 is 2.08 bits per heavy atom. The van der Waals surface area contributed by atoms with E-state index in [-0.39, 0.29) is 5.41 Å². The number of fused-ring (bicyclic) bond motifs is 1. The molecule has 0 aliphatic heterocycles. The zero-order chi connectivity index (χ0) is 8.60. The van der Waals surface area contributed by atoms with Crippen molar-refractivity contribution in [2.45, 2.75) is 32.1 Å². The first kappa shape index (κ1) is 7.62. The summed E-state index contributed by atoms with van der Waals surface area (Å²) in [6.07, 6.45) is 5.00. The van der Waals surface area contributed by atoms with Crippen molar-refractivity contribution >= 4 is 0 Å². The van der Waals surface area contributed by atoms with Crippen molar-refractivity contribution < 1.29 is 0 Å². The highest BCUT2D eigenvalue weighted by atomic mass is 14.5. The molecule has 0 spiro atoms. The van der Waals surface area contributed by atoms with Crippen LogP contribution in [0.5, 0.6) is 0 Å². The summed E-state index contributed by atoms with van der Waals surface area (Å²) in [4.78, 5) is 0. The molecule has 2 aliphatic carbocycles. The van der Waals surface area contributed by atoms with Crippen LogP contribution < -0.4 is 0 Å². The number of rotatable bonds is 1. The van der Waals surface area contributed by atoms with E-state index in [1.54, 1.807) is 0 Å². The molecule has 2 nitrogen and oxygen atoms in total. The summed E-state index contributed by atoms with van der Waals surface area (Å²) in [6.45, 7) is 0. The molecule has 0 heterocycles. The van der Waals surface area contributed by atoms with Gasteiger partial charge in [-0.2, -0.15) is 10.5 Å². The molecule has 0 N–H and O–H groups in total. The second-order valence-corrected chi connectivity index (χ2v) is 4.23. The van der Waals surface area contributed by atoms with Crippen LogP contribution in [0.15, 0.2) is 0 Å². The molecule has 3 atom stereocenters. The van der Waals surface area contributed by atoms with Crippen molar-refractivity contribution in [2.75, 3.05) is 0 Å². The van der Waals surface area contributed by atoms with Gasteiger partial charge in [0.05, 0.1) is 24.0 Å². The summed E-state index contributed by atoms with van der Waals surface area (Å²) < 4.78 is 0. The Hall–Kier alpha value is -1.02. The molecule has 0 aromatic heterocycles. The van der Waals surface area contributed by atoms with Gasteiger partial charge in [0, 0.05) is 0 Å². The number of nitriles is 2. The minimum absolute atomic E-state index is 0.263. The second-order valence-electron chi connectivity index (χ2n) is 4.23. The molecule has 2 fully saturated rings. The first-order valence-corrected chi connectivity index (χ1v) is 4.58. The van der Waals surface area contributed by atoms with E-state index in [1.165, 1.54) is 12.8 Å². The highest BCUT2D eigenvalue weighted by molar-refractivity contribution is 5.12. The quantitative estimate of drug-likeness (QED) is 0.590. The van der Waals surface area contributed by atoms with Crippen molar-refractivity contribution in [2.24, 2.45) is 17.3 Å². The van der Waals surface area contributed by atoms with Gasteiger partial charge in [-0.3, -0.25) is 0 Å². The van der Waals surface area contributed by atoms with Crippen LogP contribution in [0, 0.1) is 39.9 Å². The Bertz CT molecular complexity index is 257. The van der Waals surface area contributed by atoms with Gasteiger partial charge in [-0.1, -0.05) is 0 Å². The van der Waals surface area contributed by atoms with Gasteiger partial charge in [0.1, 0.15) is 0 Å². The van der Waals surface area contributed by atoms with Gasteiger partial charge >= 0.3 is 0 Å². The molecule has 0 saturated heterocycles. The molecular weight excluding hydrogens is 148 g/mol. The number of hydrogen-bond donors (Lipinski definition) is 0. The van der Waals surface area contributed by atoms with Crippen LogP contribution in [0.3, 0.4) is 0 Å². The third kappa shape index (κ3) is 0.916. The van der Waals surface area contributed by atoms with Crippen molar-refractivity contribution in [3.8, 4) is 12.1 Å². The Kier molecular flexibility index (Phi) is 1.58. The lowest BCUT2D eigenvalue weighted by molar-refractivity contribution is 0.219. The van der Waals surface area contributed by atoms with E-state index in [2.05, 4.69) is 12.1 Å². The van der Waals surface area contributed by atoms with Crippen molar-refractivity contribution in [1.29, 1.82) is 10.5 Å². The number of hydrogen-bond acceptors (Lipinski definition) is 2. The Morgan fingerprint density at radius 1 is 1.17 bits per heavy atom. The molecule has 0 bridgehead atoms. The maximum absolute atomic E-state index is 9.01. The minimum atomic E-state index is -0.263. The molecule has 0 aromatic rings. The fraction of sp³-hybridized carbons (Fsp3) is 0.800. The van der Waals surface area contributed by atoms with E-state index in [1.807, 2.05) is 0 Å². The van der Waals surface area contributed by atoms with Crippen molar-refractivity contribution in [3.05, 3.63) is 0 Å². The van der Waals surface area contributed by atoms with Gasteiger partial charge in [0.25, 0.3) is 0 Å². The van der Waals surface area contributed by atoms with Crippen LogP contribution in [0.2, 0.25) is 0 Å². The van der Waals surface area contributed by atoms with Crippen LogP contribution in [-0.4, -0.2) is 0 Å². The molecular formula is C10H12N2. The van der Waals surface area contributed by atoms with E-state index in [0.717, 1.165) is 24.7 Å². The zero-order valence-electron chi connectivity index (χ0n) is 7.08. The van der Waals surface area contributed by atoms with Crippen molar-refractivity contribution in [3.63, 3.8) is 0 Å². The third-order valence-corrected chi connectivity index (χ3v) is 3.54. The molecule has 0 unspecified atom stereocenters. The fourth-order valence-electron chi connectivity index (χ4n) is 2.69. The topological polar surface area (TPSA) is 47.6 Å². The van der Waals surface area contributed by atoms with E-state index in [4.69, 9.17) is 10.5 Å². The largest absolute Gasteiger partial charge is 0.198 e. The summed E-state index contributed by atoms with van der Waals surface area (Å²) >= 11 is 0. The zero-order valence-corrected chi connectivity index (χ0v) is 7.08. The Labute approximate surface area is 72.8 Å². The maximum Gasteiger partial charge on any atom is 0.0709 e. The summed E-state index contributed by atoms with van der Waals surface area (Å²) in [5, 5.41) is 17.6. The average molecular weight is 160 g/mol. The summed E-state index contributed by atoms with van der Waals surface area (Å²) in [7, 11) is 0. The van der Waals surface area contributed by atoms with Crippen LogP contribution >= 0.6 is 0 Å². The Balaban J connectivity index is 2.12. The lowest BCUT2D eigenvalue weighted by Gasteiger charge is -2.29. The smallest absolute Gasteiger partial charge is 0.0709 e. The lowest BCUT2D eigenvalue weighted by Crippen LogP contribution is -2.18. The van der Waals surface area contributed by atoms with Crippen LogP contribution in [-0.2, 0) is 0 Å². The average Bonchev–Trinajstić information content (AvgIpc) is 2.30. The molecule has 0 amide bonds. The SMILES string of the molecule is N#CC[C@@]1(C#N)C[C@H]2CC[C@H]2C1. The highest BCUT2D eigenvalue weighted by Gasteiger charge is 2.49. The minimum Gasteiger partial charge on any atom is -0.198 e. The molecule has 0 aromatic carbocycles. The molecule has 12 heavy (non-hydrogen) atoms. The first-order chi connectivity index (χ1) is 5.79. The van der Waals surface area contributed by atoms with Gasteiger partial charge in [-0.15, -0.1) is 0 Å². The molecule has 62 valence electrons. The van der Waals surface area contributed by atoms with Gasteiger partial charge < -0.3 is 0 Å². The van der Waals surface area contributed by atoms with Gasteiger partial charge in [-0.25, -0.2) is 0 Å². The molecule has 0 radical (unpaired) electrons. The standard InChI is InChI=1S/C10H12N2/c11-4-3-10(7-12)5-8-1-2-9(8)6-10/h8-9H,1-3,5-6H2/t8-,9+,10-. The molecule has 2 aliphatic rings. The molecule has 2 heteroatoms. The number of nitrogens with zero attached hydrogens (tertiary/aromatic N) is 2. The highest BCUT2D eigenvalue weighted by Crippen LogP contribution is 2.56. The second kappa shape index (κ2) is 2.49. The predicted molar refractivity (Wildman–Crippen MR) is 43.7 cm³/mol. The summed E-state index contributed by atoms with van der Waals surface area (Å²) in [6, 6.07) is 4.50. The lowest BCUT2D eigenvalue weighted by atomic mass is 9.77. The normalized spacial score (nSPS) is 43.8. The first-order valence-electron chi connectivity index (χ1n) is 4.58.